The van der Waals surface area contributed by atoms with Crippen LogP contribution in [-0.4, -0.2) is 29.7 Å². The summed E-state index contributed by atoms with van der Waals surface area (Å²) in [5.41, 5.74) is 1.14. The van der Waals surface area contributed by atoms with Crippen molar-refractivity contribution in [2.75, 3.05) is 24.6 Å². The fourth-order valence-corrected chi connectivity index (χ4v) is 4.03. The molecule has 2 aliphatic rings. The first-order valence-electron chi connectivity index (χ1n) is 9.98. The Kier molecular flexibility index (Phi) is 5.43. The number of benzene rings is 1. The van der Waals surface area contributed by atoms with E-state index in [0.717, 1.165) is 36.4 Å². The van der Waals surface area contributed by atoms with Crippen LogP contribution >= 0.6 is 0 Å². The average molecular weight is 380 g/mol. The number of anilines is 1. The summed E-state index contributed by atoms with van der Waals surface area (Å²) in [7, 11) is 0. The van der Waals surface area contributed by atoms with Gasteiger partial charge < -0.3 is 9.64 Å². The first-order valence-corrected chi connectivity index (χ1v) is 9.98. The number of aryl methyl sites for hydroxylation is 1. The highest BCUT2D eigenvalue weighted by Gasteiger charge is 2.39. The maximum absolute atomic E-state index is 13.6. The summed E-state index contributed by atoms with van der Waals surface area (Å²) in [5, 5.41) is 8.78. The van der Waals surface area contributed by atoms with E-state index in [2.05, 4.69) is 14.9 Å². The van der Waals surface area contributed by atoms with E-state index in [1.165, 1.54) is 37.8 Å². The molecule has 5 nitrogen and oxygen atoms in total. The van der Waals surface area contributed by atoms with Crippen molar-refractivity contribution in [3.05, 3.63) is 47.5 Å². The Morgan fingerprint density at radius 3 is 2.64 bits per heavy atom. The van der Waals surface area contributed by atoms with Gasteiger partial charge in [-0.15, -0.1) is 0 Å². The first kappa shape index (κ1) is 18.7. The third kappa shape index (κ3) is 4.41. The van der Waals surface area contributed by atoms with Gasteiger partial charge in [0.15, 0.2) is 0 Å². The lowest BCUT2D eigenvalue weighted by molar-refractivity contribution is 0.278. The fraction of sp³-hybridized carbons (Fsp3) is 0.500. The first-order chi connectivity index (χ1) is 13.6. The van der Waals surface area contributed by atoms with Gasteiger partial charge in [0.05, 0.1) is 12.2 Å². The van der Waals surface area contributed by atoms with Gasteiger partial charge in [0.1, 0.15) is 17.6 Å². The van der Waals surface area contributed by atoms with Crippen molar-refractivity contribution >= 4 is 5.95 Å². The van der Waals surface area contributed by atoms with Crippen molar-refractivity contribution in [3.8, 4) is 11.8 Å². The standard InChI is InChI=1S/C22H25FN4O/c1-15-12-25-22(26-13-15)27-6-4-16(5-7-27)8-18-9-19(18)14-28-20-3-2-17(11-24)21(23)10-20/h2-3,10,12-13,16,18-19H,4-9,14H2,1H3. The van der Waals surface area contributed by atoms with Crippen molar-refractivity contribution in [2.24, 2.45) is 17.8 Å². The molecule has 1 aliphatic carbocycles. The summed E-state index contributed by atoms with van der Waals surface area (Å²) in [6, 6.07) is 6.27. The highest BCUT2D eigenvalue weighted by atomic mass is 19.1. The Morgan fingerprint density at radius 1 is 1.21 bits per heavy atom. The number of hydrogen-bond donors (Lipinski definition) is 0. The molecule has 1 aromatic heterocycles. The second kappa shape index (κ2) is 8.14. The molecule has 0 bridgehead atoms. The molecule has 0 N–H and O–H groups in total. The number of aromatic nitrogens is 2. The lowest BCUT2D eigenvalue weighted by Gasteiger charge is -2.32. The summed E-state index contributed by atoms with van der Waals surface area (Å²) in [6.07, 6.45) is 8.56. The molecule has 2 atom stereocenters. The van der Waals surface area contributed by atoms with E-state index in [1.807, 2.05) is 25.4 Å². The number of rotatable bonds is 6. The number of halogens is 1. The molecular formula is C22H25FN4O. The van der Waals surface area contributed by atoms with Gasteiger partial charge in [0.25, 0.3) is 0 Å². The number of nitrogens with zero attached hydrogens (tertiary/aromatic N) is 4. The number of piperidine rings is 1. The molecule has 2 fully saturated rings. The molecule has 1 saturated heterocycles. The Morgan fingerprint density at radius 2 is 1.96 bits per heavy atom. The van der Waals surface area contributed by atoms with E-state index < -0.39 is 5.82 Å². The van der Waals surface area contributed by atoms with Gasteiger partial charge >= 0.3 is 0 Å². The van der Waals surface area contributed by atoms with Crippen molar-refractivity contribution in [1.82, 2.24) is 9.97 Å². The second-order valence-corrected chi connectivity index (χ2v) is 8.05. The normalized spacial score (nSPS) is 22.0. The maximum Gasteiger partial charge on any atom is 0.225 e. The van der Waals surface area contributed by atoms with E-state index in [-0.39, 0.29) is 5.56 Å². The Hall–Kier alpha value is -2.68. The van der Waals surface area contributed by atoms with Crippen LogP contribution in [0.25, 0.3) is 0 Å². The molecule has 2 aromatic rings. The van der Waals surface area contributed by atoms with Crippen LogP contribution in [0.5, 0.6) is 5.75 Å². The molecule has 0 spiro atoms. The van der Waals surface area contributed by atoms with E-state index >= 15 is 0 Å². The number of hydrogen-bond acceptors (Lipinski definition) is 5. The van der Waals surface area contributed by atoms with Crippen LogP contribution in [0, 0.1) is 41.8 Å². The van der Waals surface area contributed by atoms with E-state index in [0.29, 0.717) is 18.3 Å². The van der Waals surface area contributed by atoms with Crippen LogP contribution in [-0.2, 0) is 0 Å². The Labute approximate surface area is 165 Å². The molecule has 6 heteroatoms. The van der Waals surface area contributed by atoms with Gasteiger partial charge in [-0.05, 0) is 68.1 Å². The van der Waals surface area contributed by atoms with Crippen LogP contribution in [0.4, 0.5) is 10.3 Å². The number of ether oxygens (including phenoxy) is 1. The molecule has 0 amide bonds. The van der Waals surface area contributed by atoms with Gasteiger partial charge in [-0.1, -0.05) is 0 Å². The largest absolute Gasteiger partial charge is 0.493 e. The smallest absolute Gasteiger partial charge is 0.225 e. The molecule has 4 rings (SSSR count). The summed E-state index contributed by atoms with van der Waals surface area (Å²) >= 11 is 0. The highest BCUT2D eigenvalue weighted by Crippen LogP contribution is 2.45. The highest BCUT2D eigenvalue weighted by molar-refractivity contribution is 5.36. The Balaban J connectivity index is 1.18. The number of nitriles is 1. The molecule has 1 saturated carbocycles. The zero-order valence-electron chi connectivity index (χ0n) is 16.1. The molecule has 2 unspecified atom stereocenters. The van der Waals surface area contributed by atoms with Gasteiger partial charge in [-0.3, -0.25) is 0 Å². The van der Waals surface area contributed by atoms with Crippen molar-refractivity contribution in [1.29, 1.82) is 5.26 Å². The zero-order valence-corrected chi connectivity index (χ0v) is 16.1. The lowest BCUT2D eigenvalue weighted by Crippen LogP contribution is -2.35. The average Bonchev–Trinajstić information content (AvgIpc) is 3.45. The van der Waals surface area contributed by atoms with Crippen molar-refractivity contribution < 1.29 is 9.13 Å². The zero-order chi connectivity index (χ0) is 19.5. The summed E-state index contributed by atoms with van der Waals surface area (Å²) in [4.78, 5) is 11.2. The molecule has 1 aliphatic heterocycles. The minimum Gasteiger partial charge on any atom is -0.493 e. The fourth-order valence-electron chi connectivity index (χ4n) is 4.03. The maximum atomic E-state index is 13.6. The van der Waals surface area contributed by atoms with Gasteiger partial charge in [-0.2, -0.15) is 5.26 Å². The summed E-state index contributed by atoms with van der Waals surface area (Å²) in [5.74, 6) is 2.87. The van der Waals surface area contributed by atoms with Crippen LogP contribution in [0.3, 0.4) is 0 Å². The van der Waals surface area contributed by atoms with Crippen molar-refractivity contribution in [2.45, 2.75) is 32.6 Å². The minimum atomic E-state index is -0.517. The van der Waals surface area contributed by atoms with E-state index in [1.54, 1.807) is 6.07 Å². The quantitative estimate of drug-likeness (QED) is 0.754. The SMILES string of the molecule is Cc1cnc(N2CCC(CC3CC3COc3ccc(C#N)c(F)c3)CC2)nc1. The topological polar surface area (TPSA) is 62.0 Å². The van der Waals surface area contributed by atoms with E-state index in [4.69, 9.17) is 10.00 Å². The summed E-state index contributed by atoms with van der Waals surface area (Å²) < 4.78 is 19.4. The predicted octanol–water partition coefficient (Wildman–Crippen LogP) is 4.12. The molecule has 1 aromatic carbocycles. The minimum absolute atomic E-state index is 0.0547. The van der Waals surface area contributed by atoms with Gasteiger partial charge in [-0.25, -0.2) is 14.4 Å². The molecule has 146 valence electrons. The van der Waals surface area contributed by atoms with Gasteiger partial charge in [0.2, 0.25) is 5.95 Å². The van der Waals surface area contributed by atoms with Crippen molar-refractivity contribution in [3.63, 3.8) is 0 Å². The lowest BCUT2D eigenvalue weighted by atomic mass is 9.91. The van der Waals surface area contributed by atoms with Crippen LogP contribution in [0.1, 0.15) is 36.8 Å². The molecule has 2 heterocycles. The predicted molar refractivity (Wildman–Crippen MR) is 105 cm³/mol. The molecule has 28 heavy (non-hydrogen) atoms. The van der Waals surface area contributed by atoms with Crippen LogP contribution in [0.2, 0.25) is 0 Å². The molecular weight excluding hydrogens is 355 g/mol. The van der Waals surface area contributed by atoms with Crippen LogP contribution in [0.15, 0.2) is 30.6 Å². The van der Waals surface area contributed by atoms with Crippen LogP contribution < -0.4 is 9.64 Å². The third-order valence-corrected chi connectivity index (χ3v) is 5.89. The Bertz CT molecular complexity index is 856. The van der Waals surface area contributed by atoms with Gasteiger partial charge in [0, 0.05) is 31.5 Å². The monoisotopic (exact) mass is 380 g/mol. The molecule has 0 radical (unpaired) electrons. The van der Waals surface area contributed by atoms with E-state index in [9.17, 15) is 4.39 Å². The summed E-state index contributed by atoms with van der Waals surface area (Å²) in [6.45, 7) is 4.67. The third-order valence-electron chi connectivity index (χ3n) is 5.89. The second-order valence-electron chi connectivity index (χ2n) is 8.05.